The molecule has 0 saturated heterocycles. The van der Waals surface area contributed by atoms with Crippen LogP contribution in [0.5, 0.6) is 0 Å². The van der Waals surface area contributed by atoms with Gasteiger partial charge in [-0.3, -0.25) is 9.63 Å². The highest BCUT2D eigenvalue weighted by Crippen LogP contribution is 2.25. The number of carbonyl (C=O) groups is 1. The summed E-state index contributed by atoms with van der Waals surface area (Å²) >= 11 is 0. The van der Waals surface area contributed by atoms with E-state index in [4.69, 9.17) is 10.6 Å². The first-order valence-electron chi connectivity index (χ1n) is 5.25. The lowest BCUT2D eigenvalue weighted by Gasteiger charge is -2.09. The SMILES string of the molecule is NC(=O)CONCc1cccc2c1NCC2. The minimum Gasteiger partial charge on any atom is -0.384 e. The third-order valence-corrected chi connectivity index (χ3v) is 2.51. The number of hydroxylamine groups is 1. The van der Waals surface area contributed by atoms with Crippen molar-refractivity contribution in [2.45, 2.75) is 13.0 Å². The largest absolute Gasteiger partial charge is 0.384 e. The second-order valence-corrected chi connectivity index (χ2v) is 3.70. The van der Waals surface area contributed by atoms with Gasteiger partial charge in [0.25, 0.3) is 0 Å². The van der Waals surface area contributed by atoms with E-state index in [-0.39, 0.29) is 6.61 Å². The summed E-state index contributed by atoms with van der Waals surface area (Å²) in [6, 6.07) is 6.16. The highest BCUT2D eigenvalue weighted by molar-refractivity contribution is 5.74. The van der Waals surface area contributed by atoms with E-state index in [1.807, 2.05) is 12.1 Å². The predicted octanol–water partition coefficient (Wildman–Crippen LogP) is 0.161. The van der Waals surface area contributed by atoms with Gasteiger partial charge in [0.1, 0.15) is 6.61 Å². The number of rotatable bonds is 5. The van der Waals surface area contributed by atoms with Crippen LogP contribution in [-0.4, -0.2) is 19.1 Å². The molecule has 5 heteroatoms. The number of anilines is 1. The van der Waals surface area contributed by atoms with Crippen LogP contribution in [0.1, 0.15) is 11.1 Å². The summed E-state index contributed by atoms with van der Waals surface area (Å²) in [5.41, 5.74) is 11.3. The third kappa shape index (κ3) is 2.50. The monoisotopic (exact) mass is 221 g/mol. The Morgan fingerprint density at radius 1 is 1.56 bits per heavy atom. The van der Waals surface area contributed by atoms with Crippen molar-refractivity contribution in [3.05, 3.63) is 29.3 Å². The molecule has 0 atom stereocenters. The molecule has 2 rings (SSSR count). The van der Waals surface area contributed by atoms with Gasteiger partial charge in [-0.2, -0.15) is 5.48 Å². The van der Waals surface area contributed by atoms with Crippen LogP contribution >= 0.6 is 0 Å². The Morgan fingerprint density at radius 3 is 3.25 bits per heavy atom. The Kier molecular flexibility index (Phi) is 3.38. The number of para-hydroxylation sites is 1. The van der Waals surface area contributed by atoms with E-state index in [1.165, 1.54) is 11.3 Å². The minimum atomic E-state index is -0.482. The van der Waals surface area contributed by atoms with Crippen LogP contribution in [-0.2, 0) is 22.6 Å². The molecule has 1 aliphatic rings. The number of hydrogen-bond acceptors (Lipinski definition) is 4. The van der Waals surface area contributed by atoms with Crippen molar-refractivity contribution in [3.8, 4) is 0 Å². The van der Waals surface area contributed by atoms with Crippen LogP contribution in [0.15, 0.2) is 18.2 Å². The zero-order chi connectivity index (χ0) is 11.4. The molecule has 1 aromatic carbocycles. The fraction of sp³-hybridized carbons (Fsp3) is 0.364. The summed E-state index contributed by atoms with van der Waals surface area (Å²) in [6.07, 6.45) is 1.06. The quantitative estimate of drug-likeness (QED) is 0.489. The molecule has 0 spiro atoms. The molecular formula is C11H15N3O2. The number of carbonyl (C=O) groups excluding carboxylic acids is 1. The Labute approximate surface area is 93.9 Å². The van der Waals surface area contributed by atoms with E-state index in [0.29, 0.717) is 6.54 Å². The topological polar surface area (TPSA) is 76.4 Å². The second-order valence-electron chi connectivity index (χ2n) is 3.70. The number of nitrogens with two attached hydrogens (primary N) is 1. The Morgan fingerprint density at radius 2 is 2.44 bits per heavy atom. The molecule has 16 heavy (non-hydrogen) atoms. The van der Waals surface area contributed by atoms with E-state index in [1.54, 1.807) is 0 Å². The van der Waals surface area contributed by atoms with Gasteiger partial charge >= 0.3 is 0 Å². The molecule has 1 amide bonds. The molecule has 0 aliphatic carbocycles. The smallest absolute Gasteiger partial charge is 0.245 e. The molecule has 1 heterocycles. The van der Waals surface area contributed by atoms with Gasteiger partial charge in [0.2, 0.25) is 5.91 Å². The Balaban J connectivity index is 1.90. The average Bonchev–Trinajstić information content (AvgIpc) is 2.72. The van der Waals surface area contributed by atoms with Gasteiger partial charge in [-0.25, -0.2) is 0 Å². The normalized spacial score (nSPS) is 13.2. The van der Waals surface area contributed by atoms with Gasteiger partial charge in [0.15, 0.2) is 0 Å². The first-order chi connectivity index (χ1) is 7.77. The lowest BCUT2D eigenvalue weighted by atomic mass is 10.1. The van der Waals surface area contributed by atoms with Crippen LogP contribution < -0.4 is 16.5 Å². The number of fused-ring (bicyclic) bond motifs is 1. The first kappa shape index (κ1) is 10.9. The van der Waals surface area contributed by atoms with Crippen molar-refractivity contribution in [2.24, 2.45) is 5.73 Å². The van der Waals surface area contributed by atoms with E-state index >= 15 is 0 Å². The van der Waals surface area contributed by atoms with Gasteiger partial charge in [0, 0.05) is 18.8 Å². The number of hydrogen-bond donors (Lipinski definition) is 3. The standard InChI is InChI=1S/C11H15N3O2/c12-10(15)7-16-14-6-9-3-1-2-8-4-5-13-11(8)9/h1-3,13-14H,4-7H2,(H2,12,15). The molecule has 1 aliphatic heterocycles. The molecular weight excluding hydrogens is 206 g/mol. The molecule has 86 valence electrons. The van der Waals surface area contributed by atoms with Crippen LogP contribution in [0.25, 0.3) is 0 Å². The van der Waals surface area contributed by atoms with Crippen LogP contribution in [0, 0.1) is 0 Å². The molecule has 4 N–H and O–H groups in total. The second kappa shape index (κ2) is 4.96. The number of amides is 1. The van der Waals surface area contributed by atoms with E-state index in [9.17, 15) is 4.79 Å². The molecule has 0 unspecified atom stereocenters. The lowest BCUT2D eigenvalue weighted by molar-refractivity contribution is -0.125. The minimum absolute atomic E-state index is 0.109. The fourth-order valence-corrected chi connectivity index (χ4v) is 1.81. The Bertz CT molecular complexity index is 393. The Hall–Kier alpha value is -1.59. The van der Waals surface area contributed by atoms with E-state index in [0.717, 1.165) is 18.5 Å². The number of primary amides is 1. The van der Waals surface area contributed by atoms with Crippen molar-refractivity contribution < 1.29 is 9.63 Å². The summed E-state index contributed by atoms with van der Waals surface area (Å²) in [7, 11) is 0. The molecule has 0 bridgehead atoms. The van der Waals surface area contributed by atoms with Gasteiger partial charge in [-0.05, 0) is 17.5 Å². The van der Waals surface area contributed by atoms with Crippen molar-refractivity contribution in [2.75, 3.05) is 18.5 Å². The van der Waals surface area contributed by atoms with Gasteiger partial charge in [0.05, 0.1) is 0 Å². The predicted molar refractivity (Wildman–Crippen MR) is 60.6 cm³/mol. The van der Waals surface area contributed by atoms with Crippen molar-refractivity contribution >= 4 is 11.6 Å². The van der Waals surface area contributed by atoms with Gasteiger partial charge < -0.3 is 11.1 Å². The summed E-state index contributed by atoms with van der Waals surface area (Å²) in [6.45, 7) is 1.43. The molecule has 0 aromatic heterocycles. The zero-order valence-electron chi connectivity index (χ0n) is 8.95. The molecule has 1 aromatic rings. The maximum Gasteiger partial charge on any atom is 0.245 e. The highest BCUT2D eigenvalue weighted by Gasteiger charge is 2.12. The molecule has 0 radical (unpaired) electrons. The van der Waals surface area contributed by atoms with Crippen LogP contribution in [0.4, 0.5) is 5.69 Å². The van der Waals surface area contributed by atoms with Gasteiger partial charge in [-0.15, -0.1) is 0 Å². The van der Waals surface area contributed by atoms with Crippen LogP contribution in [0.2, 0.25) is 0 Å². The van der Waals surface area contributed by atoms with Crippen molar-refractivity contribution in [1.29, 1.82) is 0 Å². The molecule has 5 nitrogen and oxygen atoms in total. The van der Waals surface area contributed by atoms with E-state index in [2.05, 4.69) is 16.9 Å². The first-order valence-corrected chi connectivity index (χ1v) is 5.25. The average molecular weight is 221 g/mol. The zero-order valence-corrected chi connectivity index (χ0v) is 8.95. The van der Waals surface area contributed by atoms with Crippen LogP contribution in [0.3, 0.4) is 0 Å². The van der Waals surface area contributed by atoms with Gasteiger partial charge in [-0.1, -0.05) is 18.2 Å². The maximum atomic E-state index is 10.4. The van der Waals surface area contributed by atoms with Crippen molar-refractivity contribution in [3.63, 3.8) is 0 Å². The fourth-order valence-electron chi connectivity index (χ4n) is 1.81. The summed E-state index contributed by atoms with van der Waals surface area (Å²) in [4.78, 5) is 15.3. The molecule has 0 saturated carbocycles. The summed E-state index contributed by atoms with van der Waals surface area (Å²) < 4.78 is 0. The van der Waals surface area contributed by atoms with E-state index < -0.39 is 5.91 Å². The highest BCUT2D eigenvalue weighted by atomic mass is 16.6. The maximum absolute atomic E-state index is 10.4. The summed E-state index contributed by atoms with van der Waals surface area (Å²) in [5.74, 6) is -0.482. The number of benzene rings is 1. The van der Waals surface area contributed by atoms with Crippen molar-refractivity contribution in [1.82, 2.24) is 5.48 Å². The summed E-state index contributed by atoms with van der Waals surface area (Å²) in [5, 5.41) is 3.33. The lowest BCUT2D eigenvalue weighted by Crippen LogP contribution is -2.24. The molecule has 0 fully saturated rings. The number of nitrogens with one attached hydrogen (secondary N) is 2. The third-order valence-electron chi connectivity index (χ3n) is 2.51.